The first-order chi connectivity index (χ1) is 15.3. The highest BCUT2D eigenvalue weighted by molar-refractivity contribution is 7.07. The van der Waals surface area contributed by atoms with Crippen molar-refractivity contribution in [2.45, 2.75) is 18.7 Å². The summed E-state index contributed by atoms with van der Waals surface area (Å²) < 4.78 is 13.0. The number of nitrogens with zero attached hydrogens (tertiary/aromatic N) is 3. The Morgan fingerprint density at radius 1 is 1.31 bits per heavy atom. The summed E-state index contributed by atoms with van der Waals surface area (Å²) in [7, 11) is 1.29. The van der Waals surface area contributed by atoms with Crippen LogP contribution in [0.2, 0.25) is 0 Å². The van der Waals surface area contributed by atoms with E-state index >= 15 is 0 Å². The summed E-state index contributed by atoms with van der Waals surface area (Å²) in [5, 5.41) is 11.1. The van der Waals surface area contributed by atoms with Crippen LogP contribution in [-0.2, 0) is 9.53 Å². The first kappa shape index (κ1) is 20.1. The lowest BCUT2D eigenvalue weighted by molar-refractivity contribution is -0.384. The van der Waals surface area contributed by atoms with E-state index < -0.39 is 28.6 Å². The fourth-order valence-electron chi connectivity index (χ4n) is 4.31. The molecule has 9 nitrogen and oxygen atoms in total. The van der Waals surface area contributed by atoms with Crippen LogP contribution in [0.15, 0.2) is 58.3 Å². The van der Waals surface area contributed by atoms with Crippen LogP contribution in [-0.4, -0.2) is 28.3 Å². The molecule has 0 N–H and O–H groups in total. The lowest BCUT2D eigenvalue weighted by atomic mass is 9.81. The quantitative estimate of drug-likeness (QED) is 0.341. The summed E-state index contributed by atoms with van der Waals surface area (Å²) in [5.74, 6) is -0.826. The van der Waals surface area contributed by atoms with Gasteiger partial charge in [0.25, 0.3) is 11.2 Å². The van der Waals surface area contributed by atoms with Crippen molar-refractivity contribution >= 4 is 29.1 Å². The third-order valence-corrected chi connectivity index (χ3v) is 6.70. The lowest BCUT2D eigenvalue weighted by Crippen LogP contribution is -2.58. The Morgan fingerprint density at radius 3 is 2.84 bits per heavy atom. The van der Waals surface area contributed by atoms with E-state index in [0.29, 0.717) is 26.2 Å². The highest BCUT2D eigenvalue weighted by Gasteiger charge is 2.55. The van der Waals surface area contributed by atoms with Crippen LogP contribution in [0, 0.1) is 16.0 Å². The molecule has 0 amide bonds. The smallest absolute Gasteiger partial charge is 0.317 e. The number of esters is 1. The molecule has 3 atom stereocenters. The van der Waals surface area contributed by atoms with E-state index in [9.17, 15) is 19.7 Å². The molecule has 0 aliphatic carbocycles. The number of non-ortho nitro benzene ring substituents is 1. The molecule has 0 radical (unpaired) electrons. The van der Waals surface area contributed by atoms with Crippen molar-refractivity contribution < 1.29 is 19.2 Å². The van der Waals surface area contributed by atoms with Gasteiger partial charge in [-0.15, -0.1) is 0 Å². The second-order valence-corrected chi connectivity index (χ2v) is 8.68. The normalized spacial score (nSPS) is 23.4. The molecule has 2 aliphatic rings. The van der Waals surface area contributed by atoms with Gasteiger partial charge in [-0.1, -0.05) is 41.7 Å². The molecule has 0 spiro atoms. The standard InChI is InChI=1S/C22H17N3O6S/c1-22-17(20(27)30-2)18(14-8-3-4-9-15(14)31-22)24-19(26)16(32-21(24)23-22)11-12-6-5-7-13(10-12)25(28)29/h3-11,17-18H,1-2H3/b16-11-. The van der Waals surface area contributed by atoms with Crippen LogP contribution < -0.4 is 19.6 Å². The van der Waals surface area contributed by atoms with Gasteiger partial charge in [0.1, 0.15) is 11.7 Å². The number of rotatable bonds is 3. The minimum Gasteiger partial charge on any atom is -0.469 e. The number of carbonyl (C=O) groups is 1. The largest absolute Gasteiger partial charge is 0.469 e. The zero-order chi connectivity index (χ0) is 22.6. The molecular weight excluding hydrogens is 434 g/mol. The molecule has 10 heteroatoms. The van der Waals surface area contributed by atoms with Crippen LogP contribution in [0.3, 0.4) is 0 Å². The highest BCUT2D eigenvalue weighted by atomic mass is 32.1. The van der Waals surface area contributed by atoms with E-state index in [1.165, 1.54) is 23.8 Å². The number of fused-ring (bicyclic) bond motifs is 6. The first-order valence-electron chi connectivity index (χ1n) is 9.75. The third-order valence-electron chi connectivity index (χ3n) is 5.71. The van der Waals surface area contributed by atoms with Crippen molar-refractivity contribution in [2.75, 3.05) is 7.11 Å². The molecule has 3 unspecified atom stereocenters. The summed E-state index contributed by atoms with van der Waals surface area (Å²) in [6, 6.07) is 12.6. The van der Waals surface area contributed by atoms with Gasteiger partial charge in [-0.3, -0.25) is 24.3 Å². The molecule has 32 heavy (non-hydrogen) atoms. The van der Waals surface area contributed by atoms with E-state index in [0.717, 1.165) is 11.3 Å². The number of thiazole rings is 1. The molecule has 0 fully saturated rings. The molecule has 162 valence electrons. The van der Waals surface area contributed by atoms with Gasteiger partial charge in [-0.2, -0.15) is 0 Å². The number of aromatic nitrogens is 1. The number of hydrogen-bond donors (Lipinski definition) is 0. The Balaban J connectivity index is 1.77. The Bertz CT molecular complexity index is 1460. The van der Waals surface area contributed by atoms with E-state index in [1.54, 1.807) is 31.2 Å². The SMILES string of the molecule is COC(=O)C1C2c3ccccc3OC1(C)N=c1s/c(=C\c3cccc([N+](=O)[O-])c3)c(=O)n12. The molecule has 1 aromatic heterocycles. The third kappa shape index (κ3) is 2.94. The number of methoxy groups -OCH3 is 1. The first-order valence-corrected chi connectivity index (χ1v) is 10.6. The van der Waals surface area contributed by atoms with Crippen molar-refractivity contribution in [1.29, 1.82) is 0 Å². The Kier molecular flexibility index (Phi) is 4.48. The van der Waals surface area contributed by atoms with E-state index in [4.69, 9.17) is 9.47 Å². The maximum atomic E-state index is 13.5. The van der Waals surface area contributed by atoms with Crippen molar-refractivity contribution in [1.82, 2.24) is 4.57 Å². The number of carbonyl (C=O) groups excluding carboxylic acids is 1. The topological polar surface area (TPSA) is 113 Å². The van der Waals surface area contributed by atoms with Crippen molar-refractivity contribution in [3.8, 4) is 5.75 Å². The summed E-state index contributed by atoms with van der Waals surface area (Å²) in [4.78, 5) is 41.9. The fraction of sp³-hybridized carbons (Fsp3) is 0.227. The number of para-hydroxylation sites is 1. The maximum Gasteiger partial charge on any atom is 0.317 e. The zero-order valence-corrected chi connectivity index (χ0v) is 17.9. The predicted molar refractivity (Wildman–Crippen MR) is 115 cm³/mol. The van der Waals surface area contributed by atoms with Gasteiger partial charge in [0.15, 0.2) is 4.80 Å². The predicted octanol–water partition coefficient (Wildman–Crippen LogP) is 1.77. The van der Waals surface area contributed by atoms with E-state index in [2.05, 4.69) is 4.99 Å². The Labute approximate surface area is 185 Å². The van der Waals surface area contributed by atoms with Crippen LogP contribution in [0.25, 0.3) is 6.08 Å². The van der Waals surface area contributed by atoms with Gasteiger partial charge < -0.3 is 9.47 Å². The summed E-state index contributed by atoms with van der Waals surface area (Å²) in [6.07, 6.45) is 1.59. The number of benzene rings is 2. The zero-order valence-electron chi connectivity index (χ0n) is 17.1. The number of hydrogen-bond acceptors (Lipinski definition) is 8. The van der Waals surface area contributed by atoms with Gasteiger partial charge in [0.05, 0.1) is 22.6 Å². The van der Waals surface area contributed by atoms with Gasteiger partial charge in [0.2, 0.25) is 5.72 Å². The Morgan fingerprint density at radius 2 is 2.09 bits per heavy atom. The van der Waals surface area contributed by atoms with Crippen LogP contribution in [0.4, 0.5) is 5.69 Å². The van der Waals surface area contributed by atoms with Crippen LogP contribution in [0.5, 0.6) is 5.75 Å². The lowest BCUT2D eigenvalue weighted by Gasteiger charge is -2.44. The molecule has 5 rings (SSSR count). The van der Waals surface area contributed by atoms with Gasteiger partial charge in [-0.25, -0.2) is 4.99 Å². The van der Waals surface area contributed by atoms with E-state index in [-0.39, 0.29) is 11.2 Å². The van der Waals surface area contributed by atoms with Crippen LogP contribution in [0.1, 0.15) is 24.1 Å². The maximum absolute atomic E-state index is 13.5. The molecular formula is C22H17N3O6S. The molecule has 2 bridgehead atoms. The van der Waals surface area contributed by atoms with Gasteiger partial charge >= 0.3 is 5.97 Å². The monoisotopic (exact) mass is 451 g/mol. The molecule has 0 saturated heterocycles. The summed E-state index contributed by atoms with van der Waals surface area (Å²) >= 11 is 1.15. The second-order valence-electron chi connectivity index (χ2n) is 7.67. The molecule has 2 aromatic carbocycles. The molecule has 3 heterocycles. The number of nitro groups is 1. The Hall–Kier alpha value is -3.79. The van der Waals surface area contributed by atoms with Crippen molar-refractivity contribution in [3.05, 3.63) is 89.5 Å². The number of ether oxygens (including phenoxy) is 2. The second kappa shape index (κ2) is 7.13. The summed E-state index contributed by atoms with van der Waals surface area (Å²) in [6.45, 7) is 1.70. The van der Waals surface area contributed by atoms with Crippen LogP contribution >= 0.6 is 11.3 Å². The average Bonchev–Trinajstić information content (AvgIpc) is 3.06. The van der Waals surface area contributed by atoms with Gasteiger partial charge in [0, 0.05) is 17.7 Å². The number of nitro benzene ring substituents is 1. The van der Waals surface area contributed by atoms with E-state index in [1.807, 2.05) is 18.2 Å². The van der Waals surface area contributed by atoms with Gasteiger partial charge in [-0.05, 0) is 24.6 Å². The fourth-order valence-corrected chi connectivity index (χ4v) is 5.41. The minimum absolute atomic E-state index is 0.0682. The molecule has 3 aromatic rings. The summed E-state index contributed by atoms with van der Waals surface area (Å²) in [5.41, 5.74) is -0.435. The molecule has 0 saturated carbocycles. The molecule has 2 aliphatic heterocycles. The minimum atomic E-state index is -1.24. The average molecular weight is 451 g/mol. The van der Waals surface area contributed by atoms with Crippen molar-refractivity contribution in [2.24, 2.45) is 10.9 Å². The highest BCUT2D eigenvalue weighted by Crippen LogP contribution is 2.47. The van der Waals surface area contributed by atoms with Crippen molar-refractivity contribution in [3.63, 3.8) is 0 Å².